The highest BCUT2D eigenvalue weighted by atomic mass is 79.9. The van der Waals surface area contributed by atoms with Crippen LogP contribution in [0.25, 0.3) is 0 Å². The number of rotatable bonds is 9. The van der Waals surface area contributed by atoms with Gasteiger partial charge in [-0.3, -0.25) is 0 Å². The molecule has 0 saturated heterocycles. The first kappa shape index (κ1) is 15.5. The highest BCUT2D eigenvalue weighted by Crippen LogP contribution is 2.23. The Hall–Kier alpha value is -0.580. The Morgan fingerprint density at radius 3 is 2.78 bits per heavy atom. The van der Waals surface area contributed by atoms with E-state index in [0.29, 0.717) is 13.2 Å². The Morgan fingerprint density at radius 2 is 2.06 bits per heavy atom. The summed E-state index contributed by atoms with van der Waals surface area (Å²) in [7, 11) is 1.93. The summed E-state index contributed by atoms with van der Waals surface area (Å²) >= 11 is 3.47. The molecule has 0 aliphatic heterocycles. The van der Waals surface area contributed by atoms with E-state index in [1.807, 2.05) is 19.2 Å². The van der Waals surface area contributed by atoms with Crippen LogP contribution in [0.5, 0.6) is 5.75 Å². The summed E-state index contributed by atoms with van der Waals surface area (Å²) in [6, 6.07) is 6.05. The second-order valence-electron chi connectivity index (χ2n) is 4.10. The van der Waals surface area contributed by atoms with E-state index in [1.165, 1.54) is 6.42 Å². The number of halogens is 1. The lowest BCUT2D eigenvalue weighted by molar-refractivity contribution is 0.0977. The third kappa shape index (κ3) is 5.85. The van der Waals surface area contributed by atoms with Crippen LogP contribution in [0.2, 0.25) is 0 Å². The summed E-state index contributed by atoms with van der Waals surface area (Å²) in [6.07, 6.45) is 2.28. The van der Waals surface area contributed by atoms with Gasteiger partial charge in [0.2, 0.25) is 0 Å². The average molecular weight is 316 g/mol. The first-order valence-electron chi connectivity index (χ1n) is 6.41. The van der Waals surface area contributed by atoms with Crippen molar-refractivity contribution < 1.29 is 9.47 Å². The molecule has 0 fully saturated rings. The fraction of sp³-hybridized carbons (Fsp3) is 0.571. The number of nitrogens with one attached hydrogen (secondary N) is 1. The smallest absolute Gasteiger partial charge is 0.123 e. The minimum Gasteiger partial charge on any atom is -0.491 e. The van der Waals surface area contributed by atoms with E-state index in [-0.39, 0.29) is 0 Å². The summed E-state index contributed by atoms with van der Waals surface area (Å²) < 4.78 is 12.3. The van der Waals surface area contributed by atoms with Gasteiger partial charge in [0.15, 0.2) is 0 Å². The van der Waals surface area contributed by atoms with Crippen LogP contribution in [-0.4, -0.2) is 26.9 Å². The van der Waals surface area contributed by atoms with E-state index in [2.05, 4.69) is 34.2 Å². The number of unbranched alkanes of at least 4 members (excludes halogenated alkanes) is 1. The molecule has 0 heterocycles. The van der Waals surface area contributed by atoms with Crippen molar-refractivity contribution in [2.75, 3.05) is 26.9 Å². The second kappa shape index (κ2) is 9.36. The molecule has 18 heavy (non-hydrogen) atoms. The summed E-state index contributed by atoms with van der Waals surface area (Å²) in [5, 5.41) is 3.14. The lowest BCUT2D eigenvalue weighted by atomic mass is 10.2. The molecule has 0 saturated carbocycles. The van der Waals surface area contributed by atoms with Gasteiger partial charge >= 0.3 is 0 Å². The van der Waals surface area contributed by atoms with Crippen molar-refractivity contribution in [1.82, 2.24) is 5.32 Å². The van der Waals surface area contributed by atoms with Crippen molar-refractivity contribution >= 4 is 15.9 Å². The van der Waals surface area contributed by atoms with Gasteiger partial charge in [-0.25, -0.2) is 0 Å². The molecular weight excluding hydrogens is 294 g/mol. The molecule has 102 valence electrons. The molecule has 0 spiro atoms. The van der Waals surface area contributed by atoms with E-state index in [0.717, 1.165) is 35.4 Å². The standard InChI is InChI=1S/C14H22BrNO2/c1-3-4-7-17-8-9-18-14-6-5-13(15)10-12(14)11-16-2/h5-6,10,16H,3-4,7-9,11H2,1-2H3. The highest BCUT2D eigenvalue weighted by molar-refractivity contribution is 9.10. The van der Waals surface area contributed by atoms with Crippen molar-refractivity contribution in [3.05, 3.63) is 28.2 Å². The third-order valence-corrected chi connectivity index (χ3v) is 3.01. The molecule has 0 aliphatic carbocycles. The van der Waals surface area contributed by atoms with Gasteiger partial charge in [0.25, 0.3) is 0 Å². The van der Waals surface area contributed by atoms with Crippen LogP contribution in [0.15, 0.2) is 22.7 Å². The van der Waals surface area contributed by atoms with Gasteiger partial charge in [0, 0.05) is 23.2 Å². The van der Waals surface area contributed by atoms with E-state index in [4.69, 9.17) is 9.47 Å². The van der Waals surface area contributed by atoms with E-state index < -0.39 is 0 Å². The zero-order chi connectivity index (χ0) is 13.2. The zero-order valence-electron chi connectivity index (χ0n) is 11.2. The first-order valence-corrected chi connectivity index (χ1v) is 7.20. The molecular formula is C14H22BrNO2. The Kier molecular flexibility index (Phi) is 8.05. The fourth-order valence-corrected chi connectivity index (χ4v) is 1.98. The molecule has 4 heteroatoms. The highest BCUT2D eigenvalue weighted by Gasteiger charge is 2.03. The number of hydrogen-bond acceptors (Lipinski definition) is 3. The minimum absolute atomic E-state index is 0.599. The lowest BCUT2D eigenvalue weighted by Gasteiger charge is -2.12. The predicted octanol–water partition coefficient (Wildman–Crippen LogP) is 3.36. The number of hydrogen-bond donors (Lipinski definition) is 1. The van der Waals surface area contributed by atoms with E-state index in [9.17, 15) is 0 Å². The number of benzene rings is 1. The summed E-state index contributed by atoms with van der Waals surface area (Å²) in [4.78, 5) is 0. The average Bonchev–Trinajstić information content (AvgIpc) is 2.36. The van der Waals surface area contributed by atoms with Crippen molar-refractivity contribution in [2.45, 2.75) is 26.3 Å². The fourth-order valence-electron chi connectivity index (χ4n) is 1.58. The maximum atomic E-state index is 5.74. The Labute approximate surface area is 118 Å². The van der Waals surface area contributed by atoms with Gasteiger partial charge in [0.1, 0.15) is 12.4 Å². The normalized spacial score (nSPS) is 10.6. The van der Waals surface area contributed by atoms with Gasteiger partial charge < -0.3 is 14.8 Å². The van der Waals surface area contributed by atoms with E-state index in [1.54, 1.807) is 0 Å². The van der Waals surface area contributed by atoms with Gasteiger partial charge in [-0.1, -0.05) is 29.3 Å². The Bertz CT molecular complexity index is 345. The van der Waals surface area contributed by atoms with Crippen LogP contribution < -0.4 is 10.1 Å². The largest absolute Gasteiger partial charge is 0.491 e. The summed E-state index contributed by atoms with van der Waals surface area (Å²) in [5.41, 5.74) is 1.15. The molecule has 0 atom stereocenters. The molecule has 0 amide bonds. The molecule has 3 nitrogen and oxygen atoms in total. The van der Waals surface area contributed by atoms with Gasteiger partial charge in [-0.05, 0) is 31.7 Å². The van der Waals surface area contributed by atoms with Gasteiger partial charge in [-0.2, -0.15) is 0 Å². The Morgan fingerprint density at radius 1 is 1.22 bits per heavy atom. The molecule has 1 rings (SSSR count). The van der Waals surface area contributed by atoms with Crippen molar-refractivity contribution in [3.63, 3.8) is 0 Å². The van der Waals surface area contributed by atoms with Crippen LogP contribution >= 0.6 is 15.9 Å². The van der Waals surface area contributed by atoms with Crippen molar-refractivity contribution in [3.8, 4) is 5.75 Å². The topological polar surface area (TPSA) is 30.5 Å². The molecule has 1 aromatic carbocycles. The summed E-state index contributed by atoms with van der Waals surface area (Å²) in [6.45, 7) is 5.03. The monoisotopic (exact) mass is 315 g/mol. The second-order valence-corrected chi connectivity index (χ2v) is 5.01. The SMILES string of the molecule is CCCCOCCOc1ccc(Br)cc1CNC. The molecule has 1 N–H and O–H groups in total. The first-order chi connectivity index (χ1) is 8.77. The molecule has 0 unspecified atom stereocenters. The number of ether oxygens (including phenoxy) is 2. The maximum Gasteiger partial charge on any atom is 0.123 e. The molecule has 0 aliphatic rings. The quantitative estimate of drug-likeness (QED) is 0.709. The van der Waals surface area contributed by atoms with Crippen LogP contribution in [0.4, 0.5) is 0 Å². The predicted molar refractivity (Wildman–Crippen MR) is 78.1 cm³/mol. The van der Waals surface area contributed by atoms with Gasteiger partial charge in [-0.15, -0.1) is 0 Å². The minimum atomic E-state index is 0.599. The van der Waals surface area contributed by atoms with E-state index >= 15 is 0 Å². The molecule has 1 aromatic rings. The van der Waals surface area contributed by atoms with Gasteiger partial charge in [0.05, 0.1) is 6.61 Å². The zero-order valence-corrected chi connectivity index (χ0v) is 12.8. The van der Waals surface area contributed by atoms with Crippen LogP contribution in [0.3, 0.4) is 0 Å². The van der Waals surface area contributed by atoms with Crippen LogP contribution in [0.1, 0.15) is 25.3 Å². The van der Waals surface area contributed by atoms with Crippen molar-refractivity contribution in [2.24, 2.45) is 0 Å². The lowest BCUT2D eigenvalue weighted by Crippen LogP contribution is -2.11. The summed E-state index contributed by atoms with van der Waals surface area (Å²) in [5.74, 6) is 0.923. The molecule has 0 radical (unpaired) electrons. The third-order valence-electron chi connectivity index (χ3n) is 2.52. The van der Waals surface area contributed by atoms with Crippen LogP contribution in [-0.2, 0) is 11.3 Å². The molecule has 0 bridgehead atoms. The Balaban J connectivity index is 2.36. The van der Waals surface area contributed by atoms with Crippen LogP contribution in [0, 0.1) is 0 Å². The van der Waals surface area contributed by atoms with Crippen molar-refractivity contribution in [1.29, 1.82) is 0 Å². The maximum absolute atomic E-state index is 5.74. The molecule has 0 aromatic heterocycles.